The van der Waals surface area contributed by atoms with Crippen LogP contribution in [0.1, 0.15) is 5.56 Å². The molecule has 3 rings (SSSR count). The number of rotatable bonds is 0. The van der Waals surface area contributed by atoms with Gasteiger partial charge in [0.15, 0.2) is 0 Å². The van der Waals surface area contributed by atoms with Crippen molar-refractivity contribution in [3.63, 3.8) is 0 Å². The summed E-state index contributed by atoms with van der Waals surface area (Å²) in [5, 5.41) is 11.7. The number of hydrogen-bond donors (Lipinski definition) is 1. The van der Waals surface area contributed by atoms with Crippen LogP contribution in [0.15, 0.2) is 45.6 Å². The van der Waals surface area contributed by atoms with Gasteiger partial charge in [0.25, 0.3) is 0 Å². The van der Waals surface area contributed by atoms with Crippen molar-refractivity contribution in [3.05, 3.63) is 52.4 Å². The highest BCUT2D eigenvalue weighted by molar-refractivity contribution is 6.05. The fraction of sp³-hybridized carbons (Fsp3) is 0.0714. The molecule has 0 aliphatic rings. The van der Waals surface area contributed by atoms with Gasteiger partial charge in [-0.05, 0) is 24.6 Å². The van der Waals surface area contributed by atoms with Crippen LogP contribution in [0.2, 0.25) is 0 Å². The molecule has 0 unspecified atom stereocenters. The van der Waals surface area contributed by atoms with Crippen LogP contribution in [0, 0.1) is 6.92 Å². The van der Waals surface area contributed by atoms with Gasteiger partial charge in [-0.1, -0.05) is 18.2 Å². The second kappa shape index (κ2) is 3.35. The van der Waals surface area contributed by atoms with E-state index < -0.39 is 0 Å². The van der Waals surface area contributed by atoms with Crippen LogP contribution < -0.4 is 5.63 Å². The van der Waals surface area contributed by atoms with Crippen LogP contribution in [0.25, 0.3) is 21.7 Å². The first-order chi connectivity index (χ1) is 8.16. The Morgan fingerprint density at radius 2 is 1.94 bits per heavy atom. The highest BCUT2D eigenvalue weighted by atomic mass is 16.4. The van der Waals surface area contributed by atoms with Crippen LogP contribution in [0.4, 0.5) is 0 Å². The third-order valence-electron chi connectivity index (χ3n) is 2.93. The molecule has 17 heavy (non-hydrogen) atoms. The smallest absolute Gasteiger partial charge is 0.344 e. The first kappa shape index (κ1) is 9.90. The zero-order chi connectivity index (χ0) is 12.0. The summed E-state index contributed by atoms with van der Waals surface area (Å²) < 4.78 is 5.22. The van der Waals surface area contributed by atoms with Gasteiger partial charge in [0.1, 0.15) is 11.3 Å². The highest BCUT2D eigenvalue weighted by Gasteiger charge is 2.09. The molecule has 0 spiro atoms. The summed E-state index contributed by atoms with van der Waals surface area (Å²) in [5.41, 5.74) is 0.940. The van der Waals surface area contributed by atoms with Crippen molar-refractivity contribution >= 4 is 21.7 Å². The van der Waals surface area contributed by atoms with Crippen LogP contribution in [-0.4, -0.2) is 5.11 Å². The van der Waals surface area contributed by atoms with E-state index in [-0.39, 0.29) is 11.4 Å². The lowest BCUT2D eigenvalue weighted by atomic mass is 10.0. The van der Waals surface area contributed by atoms with E-state index in [1.54, 1.807) is 12.1 Å². The van der Waals surface area contributed by atoms with E-state index in [4.69, 9.17) is 4.42 Å². The Bertz CT molecular complexity index is 784. The quantitative estimate of drug-likeness (QED) is 0.473. The average molecular weight is 226 g/mol. The molecule has 0 radical (unpaired) electrons. The molecule has 3 aromatic rings. The SMILES string of the molecule is Cc1cccc2c1c(=O)oc1cc(O)ccc12. The summed E-state index contributed by atoms with van der Waals surface area (Å²) in [6.07, 6.45) is 0. The number of aryl methyl sites for hydroxylation is 1. The van der Waals surface area contributed by atoms with E-state index in [1.165, 1.54) is 6.07 Å². The largest absolute Gasteiger partial charge is 0.508 e. The lowest BCUT2D eigenvalue weighted by Crippen LogP contribution is -2.01. The number of benzene rings is 2. The fourth-order valence-electron chi connectivity index (χ4n) is 2.13. The van der Waals surface area contributed by atoms with Gasteiger partial charge in [-0.15, -0.1) is 0 Å². The summed E-state index contributed by atoms with van der Waals surface area (Å²) >= 11 is 0. The van der Waals surface area contributed by atoms with Gasteiger partial charge in [0.05, 0.1) is 5.39 Å². The van der Waals surface area contributed by atoms with Crippen molar-refractivity contribution in [1.82, 2.24) is 0 Å². The lowest BCUT2D eigenvalue weighted by molar-refractivity contribution is 0.473. The number of phenolic OH excluding ortho intramolecular Hbond substituents is 1. The van der Waals surface area contributed by atoms with Gasteiger partial charge < -0.3 is 9.52 Å². The van der Waals surface area contributed by atoms with Gasteiger partial charge >= 0.3 is 5.63 Å². The zero-order valence-electron chi connectivity index (χ0n) is 9.23. The molecule has 1 aromatic heterocycles. The average Bonchev–Trinajstić information content (AvgIpc) is 2.28. The van der Waals surface area contributed by atoms with Crippen LogP contribution in [-0.2, 0) is 0 Å². The van der Waals surface area contributed by atoms with Crippen molar-refractivity contribution in [2.24, 2.45) is 0 Å². The van der Waals surface area contributed by atoms with Crippen molar-refractivity contribution in [2.75, 3.05) is 0 Å². The minimum Gasteiger partial charge on any atom is -0.508 e. The Hall–Kier alpha value is -2.29. The third kappa shape index (κ3) is 1.40. The lowest BCUT2D eigenvalue weighted by Gasteiger charge is -2.04. The van der Waals surface area contributed by atoms with Gasteiger partial charge in [0.2, 0.25) is 0 Å². The minimum atomic E-state index is -0.365. The van der Waals surface area contributed by atoms with Crippen molar-refractivity contribution in [1.29, 1.82) is 0 Å². The van der Waals surface area contributed by atoms with E-state index in [0.717, 1.165) is 16.3 Å². The molecule has 1 N–H and O–H groups in total. The molecular weight excluding hydrogens is 216 g/mol. The molecule has 84 valence electrons. The minimum absolute atomic E-state index is 0.0904. The molecule has 0 amide bonds. The zero-order valence-corrected chi connectivity index (χ0v) is 9.23. The Morgan fingerprint density at radius 3 is 2.76 bits per heavy atom. The van der Waals surface area contributed by atoms with Gasteiger partial charge in [-0.2, -0.15) is 0 Å². The Labute approximate surface area is 96.9 Å². The third-order valence-corrected chi connectivity index (χ3v) is 2.93. The van der Waals surface area contributed by atoms with Gasteiger partial charge in [-0.25, -0.2) is 4.79 Å². The van der Waals surface area contributed by atoms with Crippen molar-refractivity contribution in [3.8, 4) is 5.75 Å². The van der Waals surface area contributed by atoms with E-state index in [2.05, 4.69) is 0 Å². The molecule has 3 heteroatoms. The summed E-state index contributed by atoms with van der Waals surface area (Å²) in [6, 6.07) is 10.5. The Kier molecular flexibility index (Phi) is 1.95. The monoisotopic (exact) mass is 226 g/mol. The van der Waals surface area contributed by atoms with Crippen molar-refractivity contribution < 1.29 is 9.52 Å². The standard InChI is InChI=1S/C14H10O3/c1-8-3-2-4-11-10-6-5-9(15)7-12(10)17-14(16)13(8)11/h2-7,15H,1H3. The van der Waals surface area contributed by atoms with Gasteiger partial charge in [0, 0.05) is 16.8 Å². The highest BCUT2D eigenvalue weighted by Crippen LogP contribution is 2.26. The number of phenols is 1. The molecule has 0 saturated heterocycles. The van der Waals surface area contributed by atoms with E-state index in [1.807, 2.05) is 25.1 Å². The molecule has 1 heterocycles. The molecule has 0 aliphatic carbocycles. The molecule has 0 fully saturated rings. The molecular formula is C14H10O3. The molecule has 0 atom stereocenters. The summed E-state index contributed by atoms with van der Waals surface area (Å²) in [4.78, 5) is 11.9. The molecule has 0 saturated carbocycles. The Morgan fingerprint density at radius 1 is 1.12 bits per heavy atom. The maximum Gasteiger partial charge on any atom is 0.344 e. The number of hydrogen-bond acceptors (Lipinski definition) is 3. The maximum absolute atomic E-state index is 11.9. The van der Waals surface area contributed by atoms with E-state index >= 15 is 0 Å². The second-order valence-electron chi connectivity index (χ2n) is 4.07. The van der Waals surface area contributed by atoms with E-state index in [9.17, 15) is 9.90 Å². The summed E-state index contributed by atoms with van der Waals surface area (Å²) in [5.74, 6) is 0.0904. The molecule has 2 aromatic carbocycles. The first-order valence-corrected chi connectivity index (χ1v) is 5.32. The predicted molar refractivity (Wildman–Crippen MR) is 66.4 cm³/mol. The topological polar surface area (TPSA) is 50.4 Å². The molecule has 3 nitrogen and oxygen atoms in total. The second-order valence-corrected chi connectivity index (χ2v) is 4.07. The maximum atomic E-state index is 11.9. The summed E-state index contributed by atoms with van der Waals surface area (Å²) in [7, 11) is 0. The Balaban J connectivity index is 2.65. The first-order valence-electron chi connectivity index (χ1n) is 5.32. The van der Waals surface area contributed by atoms with Crippen molar-refractivity contribution in [2.45, 2.75) is 6.92 Å². The van der Waals surface area contributed by atoms with Crippen LogP contribution in [0.3, 0.4) is 0 Å². The predicted octanol–water partition coefficient (Wildman–Crippen LogP) is 2.96. The van der Waals surface area contributed by atoms with Crippen LogP contribution >= 0.6 is 0 Å². The van der Waals surface area contributed by atoms with Crippen LogP contribution in [0.5, 0.6) is 5.75 Å². The molecule has 0 aliphatic heterocycles. The summed E-state index contributed by atoms with van der Waals surface area (Å²) in [6.45, 7) is 1.88. The number of aromatic hydroxyl groups is 1. The molecule has 0 bridgehead atoms. The van der Waals surface area contributed by atoms with Gasteiger partial charge in [-0.3, -0.25) is 0 Å². The number of fused-ring (bicyclic) bond motifs is 3. The normalized spacial score (nSPS) is 11.1. The fourth-order valence-corrected chi connectivity index (χ4v) is 2.13. The van der Waals surface area contributed by atoms with E-state index in [0.29, 0.717) is 11.0 Å².